The van der Waals surface area contributed by atoms with Crippen LogP contribution in [0, 0.1) is 3.57 Å². The number of halogens is 3. The van der Waals surface area contributed by atoms with Crippen LogP contribution in [0.2, 0.25) is 5.02 Å². The molecule has 0 aliphatic heterocycles. The van der Waals surface area contributed by atoms with E-state index in [4.69, 9.17) is 16.6 Å². The quantitative estimate of drug-likeness (QED) is 0.644. The maximum absolute atomic E-state index is 6.31. The lowest BCUT2D eigenvalue weighted by Crippen LogP contribution is -2.05. The molecule has 0 unspecified atom stereocenters. The third kappa shape index (κ3) is 2.80. The van der Waals surface area contributed by atoms with E-state index < -0.39 is 0 Å². The SMILES string of the molecule is CNc1nc(-c2ccc(Br)cc2Cl)nc(C2CC2)c1I. The molecule has 1 N–H and O–H groups in total. The first-order valence-electron chi connectivity index (χ1n) is 6.30. The smallest absolute Gasteiger partial charge is 0.163 e. The van der Waals surface area contributed by atoms with E-state index in [1.807, 2.05) is 25.2 Å². The maximum atomic E-state index is 6.31. The highest BCUT2D eigenvalue weighted by Crippen LogP contribution is 2.43. The van der Waals surface area contributed by atoms with Crippen LogP contribution in [0.4, 0.5) is 5.82 Å². The van der Waals surface area contributed by atoms with Gasteiger partial charge in [0.05, 0.1) is 14.3 Å². The first-order valence-corrected chi connectivity index (χ1v) is 8.55. The zero-order valence-electron chi connectivity index (χ0n) is 10.8. The van der Waals surface area contributed by atoms with Gasteiger partial charge in [-0.05, 0) is 53.6 Å². The summed E-state index contributed by atoms with van der Waals surface area (Å²) in [4.78, 5) is 9.34. The van der Waals surface area contributed by atoms with Crippen LogP contribution in [0.25, 0.3) is 11.4 Å². The Morgan fingerprint density at radius 3 is 2.70 bits per heavy atom. The normalized spacial score (nSPS) is 14.4. The molecule has 104 valence electrons. The predicted octanol–water partition coefficient (Wildman–Crippen LogP) is 5.08. The molecular weight excluding hydrogens is 452 g/mol. The molecule has 3 rings (SSSR count). The van der Waals surface area contributed by atoms with E-state index in [9.17, 15) is 0 Å². The summed E-state index contributed by atoms with van der Waals surface area (Å²) in [6.45, 7) is 0. The molecule has 1 aliphatic carbocycles. The summed E-state index contributed by atoms with van der Waals surface area (Å²) in [7, 11) is 1.88. The van der Waals surface area contributed by atoms with Crippen LogP contribution >= 0.6 is 50.1 Å². The van der Waals surface area contributed by atoms with Gasteiger partial charge < -0.3 is 5.32 Å². The van der Waals surface area contributed by atoms with Crippen molar-refractivity contribution in [2.45, 2.75) is 18.8 Å². The van der Waals surface area contributed by atoms with Gasteiger partial charge in [-0.25, -0.2) is 9.97 Å². The van der Waals surface area contributed by atoms with Gasteiger partial charge in [0.1, 0.15) is 5.82 Å². The molecule has 2 aromatic rings. The van der Waals surface area contributed by atoms with Crippen LogP contribution < -0.4 is 5.32 Å². The van der Waals surface area contributed by atoms with Crippen molar-refractivity contribution in [3.63, 3.8) is 0 Å². The number of benzene rings is 1. The van der Waals surface area contributed by atoms with Gasteiger partial charge >= 0.3 is 0 Å². The lowest BCUT2D eigenvalue weighted by Gasteiger charge is -2.11. The van der Waals surface area contributed by atoms with Crippen LogP contribution in [0.5, 0.6) is 0 Å². The Balaban J connectivity index is 2.15. The summed E-state index contributed by atoms with van der Waals surface area (Å²) < 4.78 is 2.07. The van der Waals surface area contributed by atoms with Crippen LogP contribution in [0.3, 0.4) is 0 Å². The van der Waals surface area contributed by atoms with Crippen LogP contribution in [-0.4, -0.2) is 17.0 Å². The number of nitrogens with zero attached hydrogens (tertiary/aromatic N) is 2. The molecular formula is C14H12BrClIN3. The van der Waals surface area contributed by atoms with Crippen molar-refractivity contribution < 1.29 is 0 Å². The van der Waals surface area contributed by atoms with Crippen molar-refractivity contribution in [3.05, 3.63) is 37.0 Å². The number of anilines is 1. The van der Waals surface area contributed by atoms with E-state index >= 15 is 0 Å². The minimum absolute atomic E-state index is 0.574. The summed E-state index contributed by atoms with van der Waals surface area (Å²) in [6.07, 6.45) is 2.42. The molecule has 0 bridgehead atoms. The molecule has 0 amide bonds. The molecule has 3 nitrogen and oxygen atoms in total. The van der Waals surface area contributed by atoms with Gasteiger partial charge in [0.15, 0.2) is 5.82 Å². The van der Waals surface area contributed by atoms with E-state index in [0.29, 0.717) is 16.8 Å². The summed E-state index contributed by atoms with van der Waals surface area (Å²) in [6, 6.07) is 5.77. The monoisotopic (exact) mass is 463 g/mol. The Morgan fingerprint density at radius 2 is 2.10 bits per heavy atom. The van der Waals surface area contributed by atoms with E-state index in [-0.39, 0.29) is 0 Å². The zero-order valence-corrected chi connectivity index (χ0v) is 15.3. The van der Waals surface area contributed by atoms with Gasteiger partial charge in [-0.2, -0.15) is 0 Å². The highest BCUT2D eigenvalue weighted by Gasteiger charge is 2.29. The van der Waals surface area contributed by atoms with E-state index in [0.717, 1.165) is 25.1 Å². The van der Waals surface area contributed by atoms with Crippen LogP contribution in [0.15, 0.2) is 22.7 Å². The number of hydrogen-bond acceptors (Lipinski definition) is 3. The average molecular weight is 465 g/mol. The molecule has 0 saturated heterocycles. The Morgan fingerprint density at radius 1 is 1.35 bits per heavy atom. The second kappa shape index (κ2) is 5.77. The van der Waals surface area contributed by atoms with Crippen molar-refractivity contribution in [3.8, 4) is 11.4 Å². The second-order valence-corrected chi connectivity index (χ2v) is 7.15. The molecule has 1 heterocycles. The molecule has 1 fully saturated rings. The van der Waals surface area contributed by atoms with Crippen molar-refractivity contribution in [1.29, 1.82) is 0 Å². The van der Waals surface area contributed by atoms with Crippen LogP contribution in [0.1, 0.15) is 24.5 Å². The molecule has 6 heteroatoms. The van der Waals surface area contributed by atoms with E-state index in [2.05, 4.69) is 48.8 Å². The van der Waals surface area contributed by atoms with Gasteiger partial charge in [0, 0.05) is 23.0 Å². The third-order valence-corrected chi connectivity index (χ3v) is 5.12. The second-order valence-electron chi connectivity index (χ2n) is 4.74. The summed E-state index contributed by atoms with van der Waals surface area (Å²) in [5.74, 6) is 2.13. The van der Waals surface area contributed by atoms with Crippen LogP contribution in [-0.2, 0) is 0 Å². The summed E-state index contributed by atoms with van der Waals surface area (Å²) in [5.41, 5.74) is 2.00. The molecule has 0 spiro atoms. The Hall–Kier alpha value is -0.400. The van der Waals surface area contributed by atoms with Gasteiger partial charge in [0.25, 0.3) is 0 Å². The maximum Gasteiger partial charge on any atom is 0.163 e. The zero-order chi connectivity index (χ0) is 14.3. The lowest BCUT2D eigenvalue weighted by atomic mass is 10.2. The highest BCUT2D eigenvalue weighted by molar-refractivity contribution is 14.1. The van der Waals surface area contributed by atoms with Crippen molar-refractivity contribution >= 4 is 55.9 Å². The topological polar surface area (TPSA) is 37.8 Å². The molecule has 1 aromatic heterocycles. The third-order valence-electron chi connectivity index (χ3n) is 3.25. The molecule has 20 heavy (non-hydrogen) atoms. The number of rotatable bonds is 3. The lowest BCUT2D eigenvalue weighted by molar-refractivity contribution is 0.979. The minimum atomic E-state index is 0.574. The van der Waals surface area contributed by atoms with Crippen molar-refractivity contribution in [1.82, 2.24) is 9.97 Å². The molecule has 1 saturated carbocycles. The molecule has 0 radical (unpaired) electrons. The molecule has 1 aromatic carbocycles. The van der Waals surface area contributed by atoms with Crippen molar-refractivity contribution in [2.75, 3.05) is 12.4 Å². The Kier molecular flexibility index (Phi) is 4.19. The predicted molar refractivity (Wildman–Crippen MR) is 94.4 cm³/mol. The fraction of sp³-hybridized carbons (Fsp3) is 0.286. The largest absolute Gasteiger partial charge is 0.372 e. The first kappa shape index (κ1) is 14.5. The number of hydrogen-bond donors (Lipinski definition) is 1. The van der Waals surface area contributed by atoms with Crippen molar-refractivity contribution in [2.24, 2.45) is 0 Å². The van der Waals surface area contributed by atoms with E-state index in [1.165, 1.54) is 12.8 Å². The fourth-order valence-corrected chi connectivity index (χ4v) is 3.76. The van der Waals surface area contributed by atoms with Gasteiger partial charge in [-0.3, -0.25) is 0 Å². The van der Waals surface area contributed by atoms with E-state index in [1.54, 1.807) is 0 Å². The van der Waals surface area contributed by atoms with Gasteiger partial charge in [-0.15, -0.1) is 0 Å². The highest BCUT2D eigenvalue weighted by atomic mass is 127. The van der Waals surface area contributed by atoms with Gasteiger partial charge in [-0.1, -0.05) is 27.5 Å². The standard InChI is InChI=1S/C14H12BrClIN3/c1-18-14-11(17)12(7-2-3-7)19-13(20-14)9-5-4-8(15)6-10(9)16/h4-7H,2-3H2,1H3,(H,18,19,20). The number of nitrogens with one attached hydrogen (secondary N) is 1. The summed E-state index contributed by atoms with van der Waals surface area (Å²) in [5, 5.41) is 3.81. The minimum Gasteiger partial charge on any atom is -0.372 e. The average Bonchev–Trinajstić information content (AvgIpc) is 3.24. The van der Waals surface area contributed by atoms with Gasteiger partial charge in [0.2, 0.25) is 0 Å². The number of aromatic nitrogens is 2. The summed E-state index contributed by atoms with van der Waals surface area (Å²) >= 11 is 12.1. The molecule has 1 aliphatic rings. The first-order chi connectivity index (χ1) is 9.60. The Bertz CT molecular complexity index is 674. The molecule has 0 atom stereocenters. The fourth-order valence-electron chi connectivity index (χ4n) is 2.05. The Labute approximate surface area is 144 Å².